The first-order chi connectivity index (χ1) is 10.1. The van der Waals surface area contributed by atoms with Gasteiger partial charge in [-0.25, -0.2) is 0 Å². The van der Waals surface area contributed by atoms with Crippen LogP contribution in [-0.4, -0.2) is 18.6 Å². The van der Waals surface area contributed by atoms with E-state index in [0.29, 0.717) is 17.2 Å². The molecule has 2 rings (SSSR count). The highest BCUT2D eigenvalue weighted by Crippen LogP contribution is 2.26. The second-order valence-electron chi connectivity index (χ2n) is 4.43. The lowest BCUT2D eigenvalue weighted by Gasteiger charge is -2.06. The molecule has 0 N–H and O–H groups in total. The summed E-state index contributed by atoms with van der Waals surface area (Å²) < 4.78 is 6.03. The molecule has 5 heteroatoms. The first kappa shape index (κ1) is 16.4. The van der Waals surface area contributed by atoms with Gasteiger partial charge in [0.2, 0.25) is 0 Å². The lowest BCUT2D eigenvalue weighted by molar-refractivity contribution is -0.116. The van der Waals surface area contributed by atoms with Crippen LogP contribution in [0, 0.1) is 0 Å². The van der Waals surface area contributed by atoms with Gasteiger partial charge in [0.1, 0.15) is 11.5 Å². The summed E-state index contributed by atoms with van der Waals surface area (Å²) in [5, 5.41) is 0.687. The topological polar surface area (TPSA) is 26.3 Å². The van der Waals surface area contributed by atoms with Gasteiger partial charge in [0, 0.05) is 16.3 Å². The monoisotopic (exact) mass is 384 g/mol. The zero-order valence-corrected chi connectivity index (χ0v) is 14.6. The third-order valence-electron chi connectivity index (χ3n) is 2.81. The average molecular weight is 386 g/mol. The van der Waals surface area contributed by atoms with E-state index in [1.807, 2.05) is 42.5 Å². The number of ketones is 1. The Balaban J connectivity index is 1.91. The minimum Gasteiger partial charge on any atom is -0.496 e. The highest BCUT2D eigenvalue weighted by atomic mass is 79.9. The van der Waals surface area contributed by atoms with Crippen molar-refractivity contribution in [1.29, 1.82) is 0 Å². The second-order valence-corrected chi connectivity index (χ2v) is 6.77. The zero-order chi connectivity index (χ0) is 15.2. The predicted molar refractivity (Wildman–Crippen MR) is 91.6 cm³/mol. The fourth-order valence-corrected chi connectivity index (χ4v) is 3.48. The lowest BCUT2D eigenvalue weighted by Crippen LogP contribution is -2.05. The van der Waals surface area contributed by atoms with Gasteiger partial charge in [0.05, 0.1) is 17.3 Å². The van der Waals surface area contributed by atoms with E-state index in [0.717, 1.165) is 20.7 Å². The minimum absolute atomic E-state index is 0.178. The van der Waals surface area contributed by atoms with Gasteiger partial charge in [-0.05, 0) is 51.8 Å². The lowest BCUT2D eigenvalue weighted by atomic mass is 10.1. The average Bonchev–Trinajstić information content (AvgIpc) is 2.45. The summed E-state index contributed by atoms with van der Waals surface area (Å²) in [5.41, 5.74) is 0.972. The van der Waals surface area contributed by atoms with E-state index in [1.54, 1.807) is 7.11 Å². The third-order valence-corrected chi connectivity index (χ3v) is 4.72. The van der Waals surface area contributed by atoms with E-state index in [1.165, 1.54) is 11.8 Å². The molecule has 21 heavy (non-hydrogen) atoms. The molecule has 0 spiro atoms. The van der Waals surface area contributed by atoms with Crippen molar-refractivity contribution in [2.24, 2.45) is 0 Å². The summed E-state index contributed by atoms with van der Waals surface area (Å²) in [6, 6.07) is 13.2. The van der Waals surface area contributed by atoms with E-state index < -0.39 is 0 Å². The van der Waals surface area contributed by atoms with Gasteiger partial charge in [-0.15, -0.1) is 11.8 Å². The number of Topliss-reactive ketones (excluding diaryl/α,β-unsaturated/α-hetero) is 1. The maximum atomic E-state index is 12.0. The van der Waals surface area contributed by atoms with E-state index in [-0.39, 0.29) is 5.78 Å². The number of carbonyl (C=O) groups is 1. The maximum absolute atomic E-state index is 12.0. The number of rotatable bonds is 6. The van der Waals surface area contributed by atoms with Crippen molar-refractivity contribution in [1.82, 2.24) is 0 Å². The molecule has 110 valence electrons. The SMILES string of the molecule is COc1ccc(CC(=O)CSc2cccc(Cl)c2)cc1Br. The number of hydrogen-bond acceptors (Lipinski definition) is 3. The molecule has 0 aromatic heterocycles. The van der Waals surface area contributed by atoms with Gasteiger partial charge in [0.15, 0.2) is 0 Å². The van der Waals surface area contributed by atoms with Crippen molar-refractivity contribution in [3.63, 3.8) is 0 Å². The largest absolute Gasteiger partial charge is 0.496 e. The van der Waals surface area contributed by atoms with Crippen molar-refractivity contribution in [2.75, 3.05) is 12.9 Å². The molecule has 0 heterocycles. The number of halogens is 2. The highest BCUT2D eigenvalue weighted by Gasteiger charge is 2.07. The van der Waals surface area contributed by atoms with E-state index in [2.05, 4.69) is 15.9 Å². The van der Waals surface area contributed by atoms with Crippen LogP contribution in [-0.2, 0) is 11.2 Å². The molecule has 0 atom stereocenters. The molecule has 0 saturated carbocycles. The summed E-state index contributed by atoms with van der Waals surface area (Å²) in [4.78, 5) is 13.0. The normalized spacial score (nSPS) is 10.4. The molecule has 0 bridgehead atoms. The zero-order valence-electron chi connectivity index (χ0n) is 11.4. The van der Waals surface area contributed by atoms with Crippen LogP contribution < -0.4 is 4.74 Å². The molecular formula is C16H14BrClO2S. The van der Waals surface area contributed by atoms with E-state index in [9.17, 15) is 4.79 Å². The van der Waals surface area contributed by atoms with Crippen LogP contribution in [0.4, 0.5) is 0 Å². The van der Waals surface area contributed by atoms with Gasteiger partial charge in [0.25, 0.3) is 0 Å². The standard InChI is InChI=1S/C16H14BrClO2S/c1-20-16-6-5-11(8-15(16)17)7-13(19)10-21-14-4-2-3-12(18)9-14/h2-6,8-9H,7,10H2,1H3. The summed E-state index contributed by atoms with van der Waals surface area (Å²) in [7, 11) is 1.62. The van der Waals surface area contributed by atoms with Crippen molar-refractivity contribution in [2.45, 2.75) is 11.3 Å². The first-order valence-electron chi connectivity index (χ1n) is 6.31. The molecule has 2 aromatic rings. The van der Waals surface area contributed by atoms with Crippen LogP contribution in [0.2, 0.25) is 5.02 Å². The van der Waals surface area contributed by atoms with Crippen molar-refractivity contribution in [3.05, 3.63) is 57.5 Å². The summed E-state index contributed by atoms with van der Waals surface area (Å²) >= 11 is 10.8. The highest BCUT2D eigenvalue weighted by molar-refractivity contribution is 9.10. The van der Waals surface area contributed by atoms with Crippen LogP contribution in [0.25, 0.3) is 0 Å². The Morgan fingerprint density at radius 1 is 1.29 bits per heavy atom. The van der Waals surface area contributed by atoms with Crippen LogP contribution >= 0.6 is 39.3 Å². The second kappa shape index (κ2) is 7.87. The minimum atomic E-state index is 0.178. The van der Waals surface area contributed by atoms with Crippen LogP contribution in [0.5, 0.6) is 5.75 Å². The fraction of sp³-hybridized carbons (Fsp3) is 0.188. The molecule has 0 fully saturated rings. The number of methoxy groups -OCH3 is 1. The quantitative estimate of drug-likeness (QED) is 0.653. The molecular weight excluding hydrogens is 372 g/mol. The van der Waals surface area contributed by atoms with Gasteiger partial charge in [-0.3, -0.25) is 4.79 Å². The predicted octanol–water partition coefficient (Wildman–Crippen LogP) is 5.02. The smallest absolute Gasteiger partial charge is 0.147 e. The number of benzene rings is 2. The Morgan fingerprint density at radius 3 is 2.76 bits per heavy atom. The molecule has 0 unspecified atom stereocenters. The van der Waals surface area contributed by atoms with Gasteiger partial charge in [-0.2, -0.15) is 0 Å². The molecule has 0 radical (unpaired) electrons. The third kappa shape index (κ3) is 5.06. The molecule has 0 aliphatic heterocycles. The van der Waals surface area contributed by atoms with Gasteiger partial charge in [-0.1, -0.05) is 23.7 Å². The molecule has 2 nitrogen and oxygen atoms in total. The molecule has 0 aliphatic rings. The van der Waals surface area contributed by atoms with Crippen molar-refractivity contribution < 1.29 is 9.53 Å². The number of thioether (sulfide) groups is 1. The molecule has 0 saturated heterocycles. The van der Waals surface area contributed by atoms with Crippen molar-refractivity contribution >= 4 is 45.1 Å². The van der Waals surface area contributed by atoms with Gasteiger partial charge >= 0.3 is 0 Å². The number of ether oxygens (including phenoxy) is 1. The molecule has 2 aromatic carbocycles. The first-order valence-corrected chi connectivity index (χ1v) is 8.46. The van der Waals surface area contributed by atoms with Crippen molar-refractivity contribution in [3.8, 4) is 5.75 Å². The van der Waals surface area contributed by atoms with Crippen LogP contribution in [0.3, 0.4) is 0 Å². The number of hydrogen-bond donors (Lipinski definition) is 0. The Kier molecular flexibility index (Phi) is 6.15. The molecule has 0 aliphatic carbocycles. The van der Waals surface area contributed by atoms with E-state index in [4.69, 9.17) is 16.3 Å². The Bertz CT molecular complexity index is 646. The summed E-state index contributed by atoms with van der Waals surface area (Å²) in [6.45, 7) is 0. The Hall–Kier alpha value is -0.970. The molecule has 0 amide bonds. The number of carbonyl (C=O) groups excluding carboxylic acids is 1. The van der Waals surface area contributed by atoms with Gasteiger partial charge < -0.3 is 4.74 Å². The Labute approximate surface area is 142 Å². The van der Waals surface area contributed by atoms with Crippen LogP contribution in [0.15, 0.2) is 51.8 Å². The fourth-order valence-electron chi connectivity index (χ4n) is 1.82. The maximum Gasteiger partial charge on any atom is 0.147 e. The van der Waals surface area contributed by atoms with Crippen LogP contribution in [0.1, 0.15) is 5.56 Å². The summed E-state index contributed by atoms with van der Waals surface area (Å²) in [6.07, 6.45) is 0.413. The summed E-state index contributed by atoms with van der Waals surface area (Å²) in [5.74, 6) is 1.38. The Morgan fingerprint density at radius 2 is 2.10 bits per heavy atom. The van der Waals surface area contributed by atoms with E-state index >= 15 is 0 Å².